The van der Waals surface area contributed by atoms with Gasteiger partial charge in [0, 0.05) is 41.6 Å². The molecule has 2 aromatic carbocycles. The molecule has 31 heavy (non-hydrogen) atoms. The molecule has 0 radical (unpaired) electrons. The Morgan fingerprint density at radius 2 is 1.71 bits per heavy atom. The van der Waals surface area contributed by atoms with Crippen molar-refractivity contribution in [2.45, 2.75) is 25.2 Å². The molecule has 0 aromatic heterocycles. The zero-order valence-corrected chi connectivity index (χ0v) is 18.8. The Labute approximate surface area is 192 Å². The Kier molecular flexibility index (Phi) is 6.85. The molecule has 1 amide bonds. The van der Waals surface area contributed by atoms with E-state index in [-0.39, 0.29) is 23.7 Å². The molecule has 0 bridgehead atoms. The first kappa shape index (κ1) is 22.1. The van der Waals surface area contributed by atoms with Gasteiger partial charge in [0.15, 0.2) is 0 Å². The Balaban J connectivity index is 1.70. The first-order valence-corrected chi connectivity index (χ1v) is 11.3. The number of nitrogens with one attached hydrogen (secondary N) is 1. The van der Waals surface area contributed by atoms with Gasteiger partial charge in [-0.05, 0) is 66.1 Å². The fraction of sp³-hybridized carbons (Fsp3) is 0.417. The largest absolute Gasteiger partial charge is 0.465 e. The molecule has 164 valence electrons. The van der Waals surface area contributed by atoms with Crippen LogP contribution < -0.4 is 5.32 Å². The quantitative estimate of drug-likeness (QED) is 0.629. The minimum Gasteiger partial charge on any atom is -0.465 e. The first-order valence-electron chi connectivity index (χ1n) is 10.5. The third-order valence-electron chi connectivity index (χ3n) is 6.35. The van der Waals surface area contributed by atoms with Crippen LogP contribution >= 0.6 is 23.2 Å². The second-order valence-corrected chi connectivity index (χ2v) is 8.90. The Morgan fingerprint density at radius 3 is 2.26 bits per heavy atom. The van der Waals surface area contributed by atoms with Crippen molar-refractivity contribution in [1.82, 2.24) is 5.32 Å². The van der Waals surface area contributed by atoms with Gasteiger partial charge in [-0.15, -0.1) is 0 Å². The van der Waals surface area contributed by atoms with Crippen LogP contribution in [0.5, 0.6) is 0 Å². The predicted octanol–water partition coefficient (Wildman–Crippen LogP) is 5.09. The summed E-state index contributed by atoms with van der Waals surface area (Å²) in [5, 5.41) is 4.09. The van der Waals surface area contributed by atoms with Crippen LogP contribution in [0.15, 0.2) is 36.4 Å². The van der Waals surface area contributed by atoms with E-state index >= 15 is 0 Å². The van der Waals surface area contributed by atoms with E-state index in [1.54, 1.807) is 12.1 Å². The summed E-state index contributed by atoms with van der Waals surface area (Å²) in [6, 6.07) is 10.9. The SMILES string of the molecule is COC(=O)c1ccc(-c2cc(Cl)c([C@H](C3CCOCC3)C3CCNC3=O)c(Cl)c2)cc1. The average Bonchev–Trinajstić information content (AvgIpc) is 3.21. The van der Waals surface area contributed by atoms with E-state index in [1.807, 2.05) is 24.3 Å². The molecule has 2 atom stereocenters. The van der Waals surface area contributed by atoms with E-state index in [0.717, 1.165) is 36.0 Å². The van der Waals surface area contributed by atoms with Crippen molar-refractivity contribution in [2.24, 2.45) is 11.8 Å². The molecule has 4 rings (SSSR count). The van der Waals surface area contributed by atoms with Crippen molar-refractivity contribution in [3.8, 4) is 11.1 Å². The number of hydrogen-bond acceptors (Lipinski definition) is 4. The standard InChI is InChI=1S/C24H25Cl2NO4/c1-30-24(29)16-4-2-14(3-5-16)17-12-19(25)22(20(26)13-17)21(15-7-10-31-11-8-15)18-6-9-27-23(18)28/h2-5,12-13,15,18,21H,6-11H2,1H3,(H,27,28)/t18?,21-/m1/s1. The molecule has 2 aliphatic rings. The number of amides is 1. The lowest BCUT2D eigenvalue weighted by atomic mass is 9.72. The van der Waals surface area contributed by atoms with Crippen molar-refractivity contribution in [3.63, 3.8) is 0 Å². The van der Waals surface area contributed by atoms with Crippen LogP contribution in [0.4, 0.5) is 0 Å². The highest BCUT2D eigenvalue weighted by molar-refractivity contribution is 6.36. The Hall–Kier alpha value is -2.08. The topological polar surface area (TPSA) is 64.6 Å². The number of hydrogen-bond donors (Lipinski definition) is 1. The average molecular weight is 462 g/mol. The summed E-state index contributed by atoms with van der Waals surface area (Å²) in [4.78, 5) is 24.3. The molecule has 1 N–H and O–H groups in total. The van der Waals surface area contributed by atoms with Crippen molar-refractivity contribution < 1.29 is 19.1 Å². The van der Waals surface area contributed by atoms with Crippen LogP contribution in [-0.2, 0) is 14.3 Å². The van der Waals surface area contributed by atoms with Crippen molar-refractivity contribution in [3.05, 3.63) is 57.6 Å². The molecule has 0 saturated carbocycles. The van der Waals surface area contributed by atoms with Crippen LogP contribution in [0.2, 0.25) is 10.0 Å². The van der Waals surface area contributed by atoms with Gasteiger partial charge >= 0.3 is 5.97 Å². The van der Waals surface area contributed by atoms with Crippen LogP contribution in [0, 0.1) is 11.8 Å². The zero-order valence-electron chi connectivity index (χ0n) is 17.3. The van der Waals surface area contributed by atoms with Crippen LogP contribution in [0.25, 0.3) is 11.1 Å². The maximum absolute atomic E-state index is 12.6. The monoisotopic (exact) mass is 461 g/mol. The summed E-state index contributed by atoms with van der Waals surface area (Å²) in [6.45, 7) is 2.06. The highest BCUT2D eigenvalue weighted by Crippen LogP contribution is 2.47. The molecule has 5 nitrogen and oxygen atoms in total. The minimum absolute atomic E-state index is 0.0397. The number of benzene rings is 2. The van der Waals surface area contributed by atoms with E-state index in [9.17, 15) is 9.59 Å². The van der Waals surface area contributed by atoms with E-state index in [1.165, 1.54) is 7.11 Å². The minimum atomic E-state index is -0.382. The molecule has 2 fully saturated rings. The molecule has 2 aliphatic heterocycles. The summed E-state index contributed by atoms with van der Waals surface area (Å²) in [5.74, 6) is -0.188. The number of rotatable bonds is 5. The molecule has 1 unspecified atom stereocenters. The van der Waals surface area contributed by atoms with Gasteiger partial charge in [-0.1, -0.05) is 35.3 Å². The number of carbonyl (C=O) groups excluding carboxylic acids is 2. The number of methoxy groups -OCH3 is 1. The third-order valence-corrected chi connectivity index (χ3v) is 6.98. The lowest BCUT2D eigenvalue weighted by Crippen LogP contribution is -2.32. The number of ether oxygens (including phenoxy) is 2. The summed E-state index contributed by atoms with van der Waals surface area (Å²) >= 11 is 13.6. The van der Waals surface area contributed by atoms with Crippen LogP contribution in [0.3, 0.4) is 0 Å². The number of carbonyl (C=O) groups is 2. The molecular weight excluding hydrogens is 437 g/mol. The van der Waals surface area contributed by atoms with Crippen molar-refractivity contribution >= 4 is 35.1 Å². The fourth-order valence-corrected chi connectivity index (χ4v) is 5.52. The lowest BCUT2D eigenvalue weighted by Gasteiger charge is -2.34. The molecule has 2 heterocycles. The molecular formula is C24H25Cl2NO4. The summed E-state index contributed by atoms with van der Waals surface area (Å²) < 4.78 is 10.3. The lowest BCUT2D eigenvalue weighted by molar-refractivity contribution is -0.123. The van der Waals surface area contributed by atoms with Gasteiger partial charge in [-0.25, -0.2) is 4.79 Å². The predicted molar refractivity (Wildman–Crippen MR) is 121 cm³/mol. The molecule has 7 heteroatoms. The second-order valence-electron chi connectivity index (χ2n) is 8.08. The molecule has 0 aliphatic carbocycles. The number of esters is 1. The van der Waals surface area contributed by atoms with E-state index in [4.69, 9.17) is 32.7 Å². The first-order chi connectivity index (χ1) is 15.0. The summed E-state index contributed by atoms with van der Waals surface area (Å²) in [7, 11) is 1.36. The van der Waals surface area contributed by atoms with Gasteiger partial charge in [-0.3, -0.25) is 4.79 Å². The van der Waals surface area contributed by atoms with Gasteiger partial charge in [0.2, 0.25) is 5.91 Å². The van der Waals surface area contributed by atoms with E-state index in [2.05, 4.69) is 5.32 Å². The summed E-state index contributed by atoms with van der Waals surface area (Å²) in [5.41, 5.74) is 3.08. The Bertz CT molecular complexity index is 947. The van der Waals surface area contributed by atoms with Gasteiger partial charge in [0.1, 0.15) is 0 Å². The van der Waals surface area contributed by atoms with Crippen LogP contribution in [0.1, 0.15) is 41.1 Å². The van der Waals surface area contributed by atoms with Gasteiger partial charge in [-0.2, -0.15) is 0 Å². The smallest absolute Gasteiger partial charge is 0.337 e. The fourth-order valence-electron chi connectivity index (χ4n) is 4.78. The normalized spacial score (nSPS) is 20.4. The molecule has 0 spiro atoms. The molecule has 2 saturated heterocycles. The van der Waals surface area contributed by atoms with Crippen molar-refractivity contribution in [2.75, 3.05) is 26.9 Å². The maximum atomic E-state index is 12.6. The van der Waals surface area contributed by atoms with E-state index in [0.29, 0.717) is 41.3 Å². The zero-order chi connectivity index (χ0) is 22.0. The highest BCUT2D eigenvalue weighted by Gasteiger charge is 2.40. The highest BCUT2D eigenvalue weighted by atomic mass is 35.5. The number of halogens is 2. The van der Waals surface area contributed by atoms with Gasteiger partial charge in [0.05, 0.1) is 12.7 Å². The Morgan fingerprint density at radius 1 is 1.06 bits per heavy atom. The van der Waals surface area contributed by atoms with Gasteiger partial charge < -0.3 is 14.8 Å². The molecule has 2 aromatic rings. The summed E-state index contributed by atoms with van der Waals surface area (Å²) in [6.07, 6.45) is 2.56. The van der Waals surface area contributed by atoms with Gasteiger partial charge in [0.25, 0.3) is 0 Å². The van der Waals surface area contributed by atoms with Crippen molar-refractivity contribution in [1.29, 1.82) is 0 Å². The maximum Gasteiger partial charge on any atom is 0.337 e. The second kappa shape index (κ2) is 9.60. The van der Waals surface area contributed by atoms with E-state index < -0.39 is 0 Å². The third kappa shape index (κ3) is 4.59. The van der Waals surface area contributed by atoms with Crippen LogP contribution in [-0.4, -0.2) is 38.7 Å².